The molecule has 1 aliphatic heterocycles. The van der Waals surface area contributed by atoms with E-state index in [4.69, 9.17) is 9.84 Å². The highest BCUT2D eigenvalue weighted by Gasteiger charge is 2.23. The van der Waals surface area contributed by atoms with Gasteiger partial charge >= 0.3 is 12.0 Å². The quantitative estimate of drug-likeness (QED) is 0.737. The summed E-state index contributed by atoms with van der Waals surface area (Å²) in [5, 5.41) is 21.2. The van der Waals surface area contributed by atoms with Gasteiger partial charge in [-0.1, -0.05) is 0 Å². The van der Waals surface area contributed by atoms with Gasteiger partial charge in [-0.15, -0.1) is 0 Å². The number of aromatic hydroxyl groups is 1. The molecule has 0 saturated carbocycles. The molecule has 0 spiro atoms. The SMILES string of the molecule is CN(C(=O)Nc1ccc(C(=O)O)cc1O)C1CCOCC1. The Bertz CT molecular complexity index is 540. The number of hydrogen-bond acceptors (Lipinski definition) is 4. The molecule has 1 aliphatic rings. The highest BCUT2D eigenvalue weighted by molar-refractivity contribution is 5.93. The van der Waals surface area contributed by atoms with Gasteiger partial charge in [-0.2, -0.15) is 0 Å². The molecule has 1 aromatic rings. The van der Waals surface area contributed by atoms with E-state index >= 15 is 0 Å². The van der Waals surface area contributed by atoms with E-state index in [2.05, 4.69) is 5.32 Å². The van der Waals surface area contributed by atoms with Crippen LogP contribution in [0.5, 0.6) is 5.75 Å². The van der Waals surface area contributed by atoms with Crippen molar-refractivity contribution in [2.45, 2.75) is 18.9 Å². The molecular formula is C14H18N2O5. The molecule has 7 heteroatoms. The molecule has 2 amide bonds. The van der Waals surface area contributed by atoms with E-state index in [0.29, 0.717) is 13.2 Å². The number of benzene rings is 1. The van der Waals surface area contributed by atoms with Crippen LogP contribution in [-0.2, 0) is 4.74 Å². The third kappa shape index (κ3) is 3.63. The zero-order valence-electron chi connectivity index (χ0n) is 11.7. The summed E-state index contributed by atoms with van der Waals surface area (Å²) in [4.78, 5) is 24.5. The van der Waals surface area contributed by atoms with Crippen LogP contribution < -0.4 is 5.32 Å². The number of carboxylic acid groups (broad SMARTS) is 1. The predicted molar refractivity (Wildman–Crippen MR) is 75.7 cm³/mol. The van der Waals surface area contributed by atoms with Crippen LogP contribution in [0.4, 0.5) is 10.5 Å². The smallest absolute Gasteiger partial charge is 0.335 e. The number of phenolic OH excluding ortho intramolecular Hbond substituents is 1. The second-order valence-electron chi connectivity index (χ2n) is 4.92. The number of phenols is 1. The fourth-order valence-corrected chi connectivity index (χ4v) is 2.21. The fraction of sp³-hybridized carbons (Fsp3) is 0.429. The lowest BCUT2D eigenvalue weighted by atomic mass is 10.1. The molecule has 0 atom stereocenters. The Kier molecular flexibility index (Phi) is 4.64. The lowest BCUT2D eigenvalue weighted by molar-refractivity contribution is 0.0544. The lowest BCUT2D eigenvalue weighted by Crippen LogP contribution is -2.42. The summed E-state index contributed by atoms with van der Waals surface area (Å²) in [6, 6.07) is 3.55. The van der Waals surface area contributed by atoms with E-state index < -0.39 is 5.97 Å². The maximum absolute atomic E-state index is 12.1. The molecule has 114 valence electrons. The van der Waals surface area contributed by atoms with Gasteiger partial charge in [-0.3, -0.25) is 0 Å². The van der Waals surface area contributed by atoms with E-state index in [1.54, 1.807) is 11.9 Å². The molecule has 1 saturated heterocycles. The monoisotopic (exact) mass is 294 g/mol. The zero-order valence-corrected chi connectivity index (χ0v) is 11.7. The van der Waals surface area contributed by atoms with Gasteiger partial charge in [0.05, 0.1) is 11.3 Å². The van der Waals surface area contributed by atoms with E-state index in [0.717, 1.165) is 18.9 Å². The van der Waals surface area contributed by atoms with Crippen LogP contribution in [0.25, 0.3) is 0 Å². The van der Waals surface area contributed by atoms with Crippen molar-refractivity contribution < 1.29 is 24.5 Å². The molecule has 1 aromatic carbocycles. The van der Waals surface area contributed by atoms with Crippen molar-refractivity contribution in [2.24, 2.45) is 0 Å². The highest BCUT2D eigenvalue weighted by atomic mass is 16.5. The minimum Gasteiger partial charge on any atom is -0.506 e. The normalized spacial score (nSPS) is 15.5. The molecule has 7 nitrogen and oxygen atoms in total. The van der Waals surface area contributed by atoms with Gasteiger partial charge in [0.2, 0.25) is 0 Å². The van der Waals surface area contributed by atoms with E-state index in [1.165, 1.54) is 12.1 Å². The molecule has 1 heterocycles. The number of anilines is 1. The number of nitrogens with zero attached hydrogens (tertiary/aromatic N) is 1. The van der Waals surface area contributed by atoms with Crippen LogP contribution in [0.15, 0.2) is 18.2 Å². The van der Waals surface area contributed by atoms with Gasteiger partial charge in [0.1, 0.15) is 5.75 Å². The van der Waals surface area contributed by atoms with Crippen molar-refractivity contribution in [1.82, 2.24) is 4.90 Å². The number of carbonyl (C=O) groups excluding carboxylic acids is 1. The number of nitrogens with one attached hydrogen (secondary N) is 1. The van der Waals surface area contributed by atoms with Gasteiger partial charge < -0.3 is 25.2 Å². The Hall–Kier alpha value is -2.28. The van der Waals surface area contributed by atoms with Crippen molar-refractivity contribution >= 4 is 17.7 Å². The Morgan fingerprint density at radius 2 is 2.00 bits per heavy atom. The average Bonchev–Trinajstić information content (AvgIpc) is 2.49. The predicted octanol–water partition coefficient (Wildman–Crippen LogP) is 1.73. The molecule has 1 fully saturated rings. The molecule has 0 aliphatic carbocycles. The van der Waals surface area contributed by atoms with Crippen LogP contribution >= 0.6 is 0 Å². The Morgan fingerprint density at radius 3 is 2.57 bits per heavy atom. The van der Waals surface area contributed by atoms with Crippen molar-refractivity contribution in [3.8, 4) is 5.75 Å². The number of amides is 2. The average molecular weight is 294 g/mol. The van der Waals surface area contributed by atoms with Crippen LogP contribution in [0, 0.1) is 0 Å². The minimum absolute atomic E-state index is 0.0386. The van der Waals surface area contributed by atoms with Crippen LogP contribution in [0.3, 0.4) is 0 Å². The maximum Gasteiger partial charge on any atom is 0.335 e. The topological polar surface area (TPSA) is 99.1 Å². The molecule has 21 heavy (non-hydrogen) atoms. The van der Waals surface area contributed by atoms with Gasteiger partial charge in [0, 0.05) is 26.3 Å². The number of carbonyl (C=O) groups is 2. The highest BCUT2D eigenvalue weighted by Crippen LogP contribution is 2.25. The van der Waals surface area contributed by atoms with E-state index in [-0.39, 0.29) is 29.1 Å². The standard InChI is InChI=1S/C14H18N2O5/c1-16(10-4-6-21-7-5-10)14(20)15-11-3-2-9(13(18)19)8-12(11)17/h2-3,8,10,17H,4-7H2,1H3,(H,15,20)(H,18,19). The second-order valence-corrected chi connectivity index (χ2v) is 4.92. The summed E-state index contributed by atoms with van der Waals surface area (Å²) in [7, 11) is 1.69. The third-order valence-electron chi connectivity index (χ3n) is 3.55. The van der Waals surface area contributed by atoms with Crippen molar-refractivity contribution in [3.63, 3.8) is 0 Å². The van der Waals surface area contributed by atoms with Crippen LogP contribution in [-0.4, -0.2) is 53.4 Å². The number of carboxylic acids is 1. The summed E-state index contributed by atoms with van der Waals surface area (Å²) in [6.45, 7) is 1.25. The molecular weight excluding hydrogens is 276 g/mol. The summed E-state index contributed by atoms with van der Waals surface area (Å²) in [5.41, 5.74) is 0.146. The lowest BCUT2D eigenvalue weighted by Gasteiger charge is -2.31. The van der Waals surface area contributed by atoms with Gasteiger partial charge in [0.25, 0.3) is 0 Å². The third-order valence-corrected chi connectivity index (χ3v) is 3.55. The number of hydrogen-bond donors (Lipinski definition) is 3. The maximum atomic E-state index is 12.1. The molecule has 0 unspecified atom stereocenters. The molecule has 0 aromatic heterocycles. The molecule has 2 rings (SSSR count). The molecule has 0 bridgehead atoms. The first kappa shape index (κ1) is 15.1. The summed E-state index contributed by atoms with van der Waals surface area (Å²) >= 11 is 0. The Balaban J connectivity index is 2.03. The largest absolute Gasteiger partial charge is 0.506 e. The first-order valence-electron chi connectivity index (χ1n) is 6.67. The number of rotatable bonds is 3. The first-order valence-corrected chi connectivity index (χ1v) is 6.67. The van der Waals surface area contributed by atoms with Crippen LogP contribution in [0.2, 0.25) is 0 Å². The number of ether oxygens (including phenoxy) is 1. The summed E-state index contributed by atoms with van der Waals surface area (Å²) < 4.78 is 5.25. The van der Waals surface area contributed by atoms with Crippen LogP contribution in [0.1, 0.15) is 23.2 Å². The summed E-state index contributed by atoms with van der Waals surface area (Å²) in [5.74, 6) is -1.41. The van der Waals surface area contributed by atoms with Gasteiger partial charge in [-0.25, -0.2) is 9.59 Å². The number of urea groups is 1. The number of aromatic carboxylic acids is 1. The molecule has 3 N–H and O–H groups in total. The summed E-state index contributed by atoms with van der Waals surface area (Å²) in [6.07, 6.45) is 1.54. The van der Waals surface area contributed by atoms with Crippen molar-refractivity contribution in [3.05, 3.63) is 23.8 Å². The zero-order chi connectivity index (χ0) is 15.4. The second kappa shape index (κ2) is 6.45. The van der Waals surface area contributed by atoms with Gasteiger partial charge in [0.15, 0.2) is 0 Å². The Morgan fingerprint density at radius 1 is 1.33 bits per heavy atom. The Labute approximate surface area is 122 Å². The minimum atomic E-state index is -1.14. The fourth-order valence-electron chi connectivity index (χ4n) is 2.21. The van der Waals surface area contributed by atoms with Gasteiger partial charge in [-0.05, 0) is 31.0 Å². The van der Waals surface area contributed by atoms with Crippen molar-refractivity contribution in [1.29, 1.82) is 0 Å². The van der Waals surface area contributed by atoms with Crippen molar-refractivity contribution in [2.75, 3.05) is 25.6 Å². The molecule has 0 radical (unpaired) electrons. The first-order chi connectivity index (χ1) is 9.99. The van der Waals surface area contributed by atoms with E-state index in [9.17, 15) is 14.7 Å². The van der Waals surface area contributed by atoms with E-state index in [1.807, 2.05) is 0 Å².